The average molecular weight is 335 g/mol. The molecule has 0 bridgehead atoms. The summed E-state index contributed by atoms with van der Waals surface area (Å²) in [7, 11) is -1.39. The van der Waals surface area contributed by atoms with Gasteiger partial charge in [-0.05, 0) is 17.7 Å². The van der Waals surface area contributed by atoms with E-state index < -0.39 is 16.5 Å². The maximum atomic E-state index is 13.0. The molecular weight excluding hydrogens is 321 g/mol. The van der Waals surface area contributed by atoms with Crippen molar-refractivity contribution >= 4 is 27.8 Å². The zero-order valence-electron chi connectivity index (χ0n) is 12.2. The van der Waals surface area contributed by atoms with Gasteiger partial charge >= 0.3 is 5.69 Å². The Hall–Kier alpha value is -2.55. The Bertz CT molecular complexity index is 948. The third-order valence-corrected chi connectivity index (χ3v) is 4.46. The standard InChI is InChI=1S/C14H14FN5O2S/c1-2-23(22)13-18-11(16)10-12(19-13)20(14(21)17-10)7-8-3-5-9(15)6-4-8/h3-6H,2,7H2,1H3,(H,17,21)(H2,16,18,19). The Labute approximate surface area is 132 Å². The SMILES string of the molecule is CCS(=O)c1nc(N)c2[nH]c(=O)n(Cc3ccc(F)cc3)c2n1. The molecule has 0 fully saturated rings. The lowest BCUT2D eigenvalue weighted by Gasteiger charge is -2.05. The molecule has 0 amide bonds. The number of hydrogen-bond acceptors (Lipinski definition) is 5. The summed E-state index contributed by atoms with van der Waals surface area (Å²) in [5.41, 5.74) is 6.72. The van der Waals surface area contributed by atoms with E-state index in [0.29, 0.717) is 11.3 Å². The van der Waals surface area contributed by atoms with E-state index in [1.807, 2.05) is 0 Å². The van der Waals surface area contributed by atoms with E-state index in [1.165, 1.54) is 16.7 Å². The lowest BCUT2D eigenvalue weighted by atomic mass is 10.2. The fourth-order valence-electron chi connectivity index (χ4n) is 2.18. The van der Waals surface area contributed by atoms with Gasteiger partial charge in [-0.2, -0.15) is 0 Å². The number of aromatic nitrogens is 4. The third kappa shape index (κ3) is 2.87. The fourth-order valence-corrected chi connectivity index (χ4v) is 2.83. The quantitative estimate of drug-likeness (QED) is 0.692. The van der Waals surface area contributed by atoms with Gasteiger partial charge in [-0.3, -0.25) is 8.78 Å². The smallest absolute Gasteiger partial charge is 0.328 e. The van der Waals surface area contributed by atoms with Gasteiger partial charge in [-0.15, -0.1) is 0 Å². The Kier molecular flexibility index (Phi) is 3.95. The van der Waals surface area contributed by atoms with Crippen molar-refractivity contribution in [2.24, 2.45) is 0 Å². The third-order valence-electron chi connectivity index (χ3n) is 3.35. The van der Waals surface area contributed by atoms with Crippen LogP contribution in [0.2, 0.25) is 0 Å². The molecule has 120 valence electrons. The first-order chi connectivity index (χ1) is 11.0. The first kappa shape index (κ1) is 15.3. The summed E-state index contributed by atoms with van der Waals surface area (Å²) in [6.07, 6.45) is 0. The van der Waals surface area contributed by atoms with E-state index in [2.05, 4.69) is 15.0 Å². The molecule has 0 aliphatic heterocycles. The number of anilines is 1. The first-order valence-corrected chi connectivity index (χ1v) is 8.20. The van der Waals surface area contributed by atoms with Gasteiger partial charge < -0.3 is 10.7 Å². The second kappa shape index (κ2) is 5.92. The largest absolute Gasteiger partial charge is 0.382 e. The number of nitrogens with two attached hydrogens (primary N) is 1. The van der Waals surface area contributed by atoms with Crippen LogP contribution in [-0.2, 0) is 17.3 Å². The molecule has 2 heterocycles. The number of nitrogens with one attached hydrogen (secondary N) is 1. The number of nitrogen functional groups attached to an aromatic ring is 1. The van der Waals surface area contributed by atoms with Gasteiger partial charge in [0.15, 0.2) is 11.5 Å². The number of benzene rings is 1. The van der Waals surface area contributed by atoms with Crippen LogP contribution in [0.5, 0.6) is 0 Å². The van der Waals surface area contributed by atoms with Gasteiger partial charge in [-0.1, -0.05) is 19.1 Å². The average Bonchev–Trinajstić information content (AvgIpc) is 2.85. The molecule has 0 spiro atoms. The van der Waals surface area contributed by atoms with Crippen molar-refractivity contribution in [2.45, 2.75) is 18.6 Å². The fraction of sp³-hybridized carbons (Fsp3) is 0.214. The summed E-state index contributed by atoms with van der Waals surface area (Å²) in [6.45, 7) is 1.93. The van der Waals surface area contributed by atoms with E-state index in [1.54, 1.807) is 19.1 Å². The zero-order valence-corrected chi connectivity index (χ0v) is 13.1. The van der Waals surface area contributed by atoms with Crippen LogP contribution in [0, 0.1) is 5.82 Å². The van der Waals surface area contributed by atoms with Crippen LogP contribution in [0.4, 0.5) is 10.2 Å². The molecule has 23 heavy (non-hydrogen) atoms. The number of imidazole rings is 1. The van der Waals surface area contributed by atoms with Gasteiger partial charge in [0.2, 0.25) is 5.16 Å². The highest BCUT2D eigenvalue weighted by Crippen LogP contribution is 2.17. The van der Waals surface area contributed by atoms with Crippen molar-refractivity contribution < 1.29 is 8.60 Å². The van der Waals surface area contributed by atoms with Crippen LogP contribution in [0.3, 0.4) is 0 Å². The van der Waals surface area contributed by atoms with Crippen LogP contribution in [0.1, 0.15) is 12.5 Å². The normalized spacial score (nSPS) is 12.6. The number of fused-ring (bicyclic) bond motifs is 1. The number of hydrogen-bond donors (Lipinski definition) is 2. The number of H-pyrrole nitrogens is 1. The molecular formula is C14H14FN5O2S. The Morgan fingerprint density at radius 3 is 2.65 bits per heavy atom. The predicted molar refractivity (Wildman–Crippen MR) is 85.0 cm³/mol. The first-order valence-electron chi connectivity index (χ1n) is 6.88. The number of halogens is 1. The van der Waals surface area contributed by atoms with E-state index in [0.717, 1.165) is 5.56 Å². The molecule has 0 aliphatic rings. The van der Waals surface area contributed by atoms with Crippen LogP contribution in [0.15, 0.2) is 34.2 Å². The van der Waals surface area contributed by atoms with Crippen LogP contribution in [-0.4, -0.2) is 29.5 Å². The molecule has 0 saturated carbocycles. The Morgan fingerprint density at radius 1 is 1.30 bits per heavy atom. The molecule has 3 N–H and O–H groups in total. The molecule has 3 rings (SSSR count). The predicted octanol–water partition coefficient (Wildman–Crippen LogP) is 1.02. The summed E-state index contributed by atoms with van der Waals surface area (Å²) in [6, 6.07) is 5.79. The minimum absolute atomic E-state index is 0.0711. The van der Waals surface area contributed by atoms with Crippen molar-refractivity contribution in [2.75, 3.05) is 11.5 Å². The zero-order chi connectivity index (χ0) is 16.6. The highest BCUT2D eigenvalue weighted by Gasteiger charge is 2.16. The minimum atomic E-state index is -1.39. The van der Waals surface area contributed by atoms with E-state index in [9.17, 15) is 13.4 Å². The topological polar surface area (TPSA) is 107 Å². The number of rotatable bonds is 4. The van der Waals surface area contributed by atoms with Crippen molar-refractivity contribution in [3.05, 3.63) is 46.1 Å². The monoisotopic (exact) mass is 335 g/mol. The second-order valence-electron chi connectivity index (χ2n) is 4.87. The molecule has 1 atom stereocenters. The highest BCUT2D eigenvalue weighted by molar-refractivity contribution is 7.84. The van der Waals surface area contributed by atoms with Gasteiger partial charge in [0.05, 0.1) is 17.3 Å². The summed E-state index contributed by atoms with van der Waals surface area (Å²) in [4.78, 5) is 22.9. The molecule has 7 nitrogen and oxygen atoms in total. The van der Waals surface area contributed by atoms with Gasteiger partial charge in [0.1, 0.15) is 11.3 Å². The Morgan fingerprint density at radius 2 is 2.00 bits per heavy atom. The van der Waals surface area contributed by atoms with Crippen LogP contribution < -0.4 is 11.4 Å². The van der Waals surface area contributed by atoms with Gasteiger partial charge in [0, 0.05) is 5.75 Å². The molecule has 3 aromatic rings. The van der Waals surface area contributed by atoms with E-state index in [4.69, 9.17) is 5.73 Å². The minimum Gasteiger partial charge on any atom is -0.382 e. The number of aromatic amines is 1. The maximum Gasteiger partial charge on any atom is 0.328 e. The van der Waals surface area contributed by atoms with E-state index in [-0.39, 0.29) is 29.0 Å². The van der Waals surface area contributed by atoms with Crippen LogP contribution >= 0.6 is 0 Å². The summed E-state index contributed by atoms with van der Waals surface area (Å²) >= 11 is 0. The molecule has 0 saturated heterocycles. The number of nitrogens with zero attached hydrogens (tertiary/aromatic N) is 3. The maximum absolute atomic E-state index is 13.0. The molecule has 9 heteroatoms. The summed E-state index contributed by atoms with van der Waals surface area (Å²) < 4.78 is 26.3. The molecule has 0 radical (unpaired) electrons. The molecule has 1 aromatic carbocycles. The summed E-state index contributed by atoms with van der Waals surface area (Å²) in [5.74, 6) is 0.0615. The molecule has 2 aromatic heterocycles. The van der Waals surface area contributed by atoms with E-state index >= 15 is 0 Å². The van der Waals surface area contributed by atoms with Crippen molar-refractivity contribution in [1.82, 2.24) is 19.5 Å². The van der Waals surface area contributed by atoms with Gasteiger partial charge in [0.25, 0.3) is 0 Å². The lowest BCUT2D eigenvalue weighted by molar-refractivity contribution is 0.626. The van der Waals surface area contributed by atoms with Crippen molar-refractivity contribution in [1.29, 1.82) is 0 Å². The Balaban J connectivity index is 2.14. The second-order valence-corrected chi connectivity index (χ2v) is 6.50. The van der Waals surface area contributed by atoms with Crippen LogP contribution in [0.25, 0.3) is 11.2 Å². The highest BCUT2D eigenvalue weighted by atomic mass is 32.2. The van der Waals surface area contributed by atoms with Crippen molar-refractivity contribution in [3.63, 3.8) is 0 Å². The molecule has 1 unspecified atom stereocenters. The lowest BCUT2D eigenvalue weighted by Crippen LogP contribution is -2.18. The molecule has 0 aliphatic carbocycles. The van der Waals surface area contributed by atoms with Gasteiger partial charge in [-0.25, -0.2) is 19.2 Å². The summed E-state index contributed by atoms with van der Waals surface area (Å²) in [5, 5.41) is 0.0874. The van der Waals surface area contributed by atoms with Crippen molar-refractivity contribution in [3.8, 4) is 0 Å².